The van der Waals surface area contributed by atoms with Crippen molar-refractivity contribution in [1.82, 2.24) is 9.97 Å². The molecule has 0 fully saturated rings. The highest BCUT2D eigenvalue weighted by Crippen LogP contribution is 2.32. The van der Waals surface area contributed by atoms with E-state index in [9.17, 15) is 0 Å². The number of fused-ring (bicyclic) bond motifs is 1. The van der Waals surface area contributed by atoms with Gasteiger partial charge < -0.3 is 14.2 Å². The van der Waals surface area contributed by atoms with Gasteiger partial charge in [-0.2, -0.15) is 9.97 Å². The van der Waals surface area contributed by atoms with E-state index in [4.69, 9.17) is 14.2 Å². The molecule has 0 aliphatic rings. The van der Waals surface area contributed by atoms with Gasteiger partial charge in [-0.1, -0.05) is 6.07 Å². The Morgan fingerprint density at radius 3 is 2.38 bits per heavy atom. The van der Waals surface area contributed by atoms with Gasteiger partial charge in [-0.05, 0) is 12.1 Å². The first kappa shape index (κ1) is 10.5. The van der Waals surface area contributed by atoms with Crippen LogP contribution in [-0.2, 0) is 0 Å². The monoisotopic (exact) mass is 220 g/mol. The van der Waals surface area contributed by atoms with Crippen LogP contribution < -0.4 is 14.2 Å². The molecule has 0 atom stereocenters. The van der Waals surface area contributed by atoms with Crippen molar-refractivity contribution < 1.29 is 14.2 Å². The zero-order chi connectivity index (χ0) is 11.5. The Morgan fingerprint density at radius 1 is 0.938 bits per heavy atom. The number of ether oxygens (including phenoxy) is 3. The zero-order valence-corrected chi connectivity index (χ0v) is 9.35. The van der Waals surface area contributed by atoms with Crippen LogP contribution in [0.5, 0.6) is 17.6 Å². The van der Waals surface area contributed by atoms with E-state index in [2.05, 4.69) is 9.97 Å². The maximum Gasteiger partial charge on any atom is 0.320 e. The van der Waals surface area contributed by atoms with Gasteiger partial charge in [0, 0.05) is 0 Å². The van der Waals surface area contributed by atoms with Crippen LogP contribution >= 0.6 is 0 Å². The minimum Gasteiger partial charge on any atom is -0.496 e. The van der Waals surface area contributed by atoms with E-state index >= 15 is 0 Å². The Morgan fingerprint density at radius 2 is 1.75 bits per heavy atom. The Hall–Kier alpha value is -2.04. The molecule has 16 heavy (non-hydrogen) atoms. The first-order chi connectivity index (χ1) is 7.80. The first-order valence-corrected chi connectivity index (χ1v) is 4.73. The molecule has 0 spiro atoms. The van der Waals surface area contributed by atoms with Crippen LogP contribution in [0.1, 0.15) is 0 Å². The molecule has 0 unspecified atom stereocenters. The summed E-state index contributed by atoms with van der Waals surface area (Å²) in [5, 5.41) is 0.744. The van der Waals surface area contributed by atoms with Crippen molar-refractivity contribution in [1.29, 1.82) is 0 Å². The molecule has 2 aromatic rings. The summed E-state index contributed by atoms with van der Waals surface area (Å²) >= 11 is 0. The van der Waals surface area contributed by atoms with Gasteiger partial charge in [0.05, 0.1) is 26.8 Å². The van der Waals surface area contributed by atoms with Gasteiger partial charge in [0.2, 0.25) is 5.88 Å². The number of aromatic nitrogens is 2. The van der Waals surface area contributed by atoms with Crippen LogP contribution in [0.15, 0.2) is 18.2 Å². The quantitative estimate of drug-likeness (QED) is 0.787. The number of hydrogen-bond donors (Lipinski definition) is 0. The predicted molar refractivity (Wildman–Crippen MR) is 59.2 cm³/mol. The SMILES string of the molecule is COc1nc(OC)c2c(OC)cccc2n1. The summed E-state index contributed by atoms with van der Waals surface area (Å²) < 4.78 is 15.4. The highest BCUT2D eigenvalue weighted by atomic mass is 16.5. The summed E-state index contributed by atoms with van der Waals surface area (Å²) in [6.45, 7) is 0. The third kappa shape index (κ3) is 1.60. The number of hydrogen-bond acceptors (Lipinski definition) is 5. The lowest BCUT2D eigenvalue weighted by Gasteiger charge is -2.09. The van der Waals surface area contributed by atoms with E-state index in [0.29, 0.717) is 11.6 Å². The first-order valence-electron chi connectivity index (χ1n) is 4.73. The molecule has 0 aliphatic heterocycles. The van der Waals surface area contributed by atoms with E-state index in [1.807, 2.05) is 18.2 Å². The summed E-state index contributed by atoms with van der Waals surface area (Å²) in [6, 6.07) is 5.82. The van der Waals surface area contributed by atoms with Gasteiger partial charge in [-0.3, -0.25) is 0 Å². The highest BCUT2D eigenvalue weighted by Gasteiger charge is 2.12. The number of benzene rings is 1. The maximum absolute atomic E-state index is 5.24. The average molecular weight is 220 g/mol. The molecule has 0 bridgehead atoms. The molecule has 5 nitrogen and oxygen atoms in total. The van der Waals surface area contributed by atoms with Crippen molar-refractivity contribution >= 4 is 10.9 Å². The van der Waals surface area contributed by atoms with Crippen molar-refractivity contribution in [3.63, 3.8) is 0 Å². The standard InChI is InChI=1S/C11H12N2O3/c1-14-8-6-4-5-7-9(8)10(15-2)13-11(12-7)16-3/h4-6H,1-3H3. The second kappa shape index (κ2) is 4.22. The van der Waals surface area contributed by atoms with Gasteiger partial charge in [-0.15, -0.1) is 0 Å². The lowest BCUT2D eigenvalue weighted by Crippen LogP contribution is -1.98. The van der Waals surface area contributed by atoms with E-state index in [1.165, 1.54) is 7.11 Å². The van der Waals surface area contributed by atoms with Crippen LogP contribution in [0.4, 0.5) is 0 Å². The summed E-state index contributed by atoms with van der Waals surface area (Å²) in [5.41, 5.74) is 0.725. The molecule has 1 heterocycles. The summed E-state index contributed by atoms with van der Waals surface area (Å²) in [4.78, 5) is 8.33. The molecule has 5 heteroatoms. The van der Waals surface area contributed by atoms with E-state index < -0.39 is 0 Å². The minimum atomic E-state index is 0.276. The molecule has 0 N–H and O–H groups in total. The molecule has 1 aromatic carbocycles. The predicted octanol–water partition coefficient (Wildman–Crippen LogP) is 1.66. The molecular weight excluding hydrogens is 208 g/mol. The molecule has 84 valence electrons. The van der Waals surface area contributed by atoms with Crippen LogP contribution in [0.25, 0.3) is 10.9 Å². The van der Waals surface area contributed by atoms with Gasteiger partial charge in [-0.25, -0.2) is 0 Å². The maximum atomic E-state index is 5.24. The third-order valence-electron chi connectivity index (χ3n) is 2.23. The third-order valence-corrected chi connectivity index (χ3v) is 2.23. The number of methoxy groups -OCH3 is 3. The topological polar surface area (TPSA) is 53.5 Å². The smallest absolute Gasteiger partial charge is 0.320 e. The molecule has 0 radical (unpaired) electrons. The van der Waals surface area contributed by atoms with Gasteiger partial charge in [0.1, 0.15) is 11.1 Å². The average Bonchev–Trinajstić information content (AvgIpc) is 2.36. The number of rotatable bonds is 3. The Bertz CT molecular complexity index is 514. The van der Waals surface area contributed by atoms with Crippen LogP contribution in [-0.4, -0.2) is 31.3 Å². The fraction of sp³-hybridized carbons (Fsp3) is 0.273. The molecule has 0 amide bonds. The minimum absolute atomic E-state index is 0.276. The van der Waals surface area contributed by atoms with Gasteiger partial charge >= 0.3 is 6.01 Å². The van der Waals surface area contributed by atoms with Crippen molar-refractivity contribution in [3.8, 4) is 17.6 Å². The van der Waals surface area contributed by atoms with Crippen molar-refractivity contribution in [3.05, 3.63) is 18.2 Å². The van der Waals surface area contributed by atoms with Crippen molar-refractivity contribution in [2.24, 2.45) is 0 Å². The fourth-order valence-electron chi connectivity index (χ4n) is 1.51. The lowest BCUT2D eigenvalue weighted by molar-refractivity contribution is 0.355. The lowest BCUT2D eigenvalue weighted by atomic mass is 10.2. The Labute approximate surface area is 93.0 Å². The van der Waals surface area contributed by atoms with Gasteiger partial charge in [0.25, 0.3) is 0 Å². The van der Waals surface area contributed by atoms with Crippen molar-refractivity contribution in [2.75, 3.05) is 21.3 Å². The Balaban J connectivity index is 2.78. The van der Waals surface area contributed by atoms with Crippen molar-refractivity contribution in [2.45, 2.75) is 0 Å². The molecule has 0 saturated carbocycles. The highest BCUT2D eigenvalue weighted by molar-refractivity contribution is 5.89. The summed E-state index contributed by atoms with van der Waals surface area (Å²) in [5.74, 6) is 1.12. The largest absolute Gasteiger partial charge is 0.496 e. The fourth-order valence-corrected chi connectivity index (χ4v) is 1.51. The molecule has 1 aromatic heterocycles. The molecule has 0 saturated heterocycles. The molecular formula is C11H12N2O3. The summed E-state index contributed by atoms with van der Waals surface area (Å²) in [7, 11) is 4.66. The van der Waals surface area contributed by atoms with E-state index in [-0.39, 0.29) is 6.01 Å². The normalized spacial score (nSPS) is 10.2. The molecule has 2 rings (SSSR count). The van der Waals surface area contributed by atoms with Crippen LogP contribution in [0.2, 0.25) is 0 Å². The Kier molecular flexibility index (Phi) is 2.76. The van der Waals surface area contributed by atoms with E-state index in [1.54, 1.807) is 14.2 Å². The van der Waals surface area contributed by atoms with Crippen LogP contribution in [0, 0.1) is 0 Å². The summed E-state index contributed by atoms with van der Waals surface area (Å²) in [6.07, 6.45) is 0. The second-order valence-electron chi connectivity index (χ2n) is 3.07. The number of nitrogens with zero attached hydrogens (tertiary/aromatic N) is 2. The zero-order valence-electron chi connectivity index (χ0n) is 9.35. The second-order valence-corrected chi connectivity index (χ2v) is 3.07. The van der Waals surface area contributed by atoms with Crippen LogP contribution in [0.3, 0.4) is 0 Å². The van der Waals surface area contributed by atoms with E-state index in [0.717, 1.165) is 10.9 Å². The molecule has 0 aliphatic carbocycles. The van der Waals surface area contributed by atoms with Gasteiger partial charge in [0.15, 0.2) is 0 Å².